The Morgan fingerprint density at radius 3 is 2.79 bits per heavy atom. The molecule has 2 aromatic heterocycles. The van der Waals surface area contributed by atoms with Gasteiger partial charge in [0.15, 0.2) is 0 Å². The van der Waals surface area contributed by atoms with Gasteiger partial charge < -0.3 is 0 Å². The van der Waals surface area contributed by atoms with Gasteiger partial charge in [-0.05, 0) is 18.2 Å². The highest BCUT2D eigenvalue weighted by Crippen LogP contribution is 2.00. The molecule has 0 radical (unpaired) electrons. The average Bonchev–Trinajstić information content (AvgIpc) is 2.20. The molecule has 0 unspecified atom stereocenters. The van der Waals surface area contributed by atoms with Gasteiger partial charge in [0.05, 0.1) is 11.9 Å². The highest BCUT2D eigenvalue weighted by molar-refractivity contribution is 5.25. The van der Waals surface area contributed by atoms with Gasteiger partial charge in [-0.1, -0.05) is 0 Å². The van der Waals surface area contributed by atoms with Crippen molar-refractivity contribution in [1.82, 2.24) is 14.8 Å². The lowest BCUT2D eigenvalue weighted by Crippen LogP contribution is -2.19. The van der Waals surface area contributed by atoms with Gasteiger partial charge in [0, 0.05) is 12.3 Å². The molecule has 0 N–H and O–H groups in total. The average molecular weight is 191 g/mol. The lowest BCUT2D eigenvalue weighted by atomic mass is 10.4. The van der Waals surface area contributed by atoms with E-state index < -0.39 is 5.95 Å². The summed E-state index contributed by atoms with van der Waals surface area (Å²) in [4.78, 5) is 14.7. The van der Waals surface area contributed by atoms with E-state index in [4.69, 9.17) is 0 Å². The highest BCUT2D eigenvalue weighted by atomic mass is 19.1. The molecular weight excluding hydrogens is 185 g/mol. The van der Waals surface area contributed by atoms with E-state index in [1.165, 1.54) is 36.7 Å². The van der Waals surface area contributed by atoms with E-state index in [1.54, 1.807) is 0 Å². The van der Waals surface area contributed by atoms with Gasteiger partial charge in [0.25, 0.3) is 5.56 Å². The summed E-state index contributed by atoms with van der Waals surface area (Å²) in [6, 6.07) is 5.53. The first kappa shape index (κ1) is 8.55. The minimum absolute atomic E-state index is 0.277. The maximum Gasteiger partial charge on any atom is 0.271 e. The molecule has 2 heterocycles. The van der Waals surface area contributed by atoms with Crippen molar-refractivity contribution in [2.75, 3.05) is 0 Å². The van der Waals surface area contributed by atoms with Crippen LogP contribution in [0.2, 0.25) is 0 Å². The Morgan fingerprint density at radius 2 is 2.14 bits per heavy atom. The summed E-state index contributed by atoms with van der Waals surface area (Å²) in [5.74, 6) is -0.585. The van der Waals surface area contributed by atoms with Crippen LogP contribution in [-0.4, -0.2) is 14.8 Å². The van der Waals surface area contributed by atoms with Crippen LogP contribution in [0.15, 0.2) is 41.5 Å². The third kappa shape index (κ3) is 1.52. The Bertz CT molecular complexity index is 492. The molecule has 0 aliphatic carbocycles. The van der Waals surface area contributed by atoms with Crippen molar-refractivity contribution in [3.8, 4) is 5.69 Å². The first-order valence-corrected chi connectivity index (χ1v) is 3.94. The third-order valence-electron chi connectivity index (χ3n) is 1.67. The molecule has 2 rings (SSSR count). The van der Waals surface area contributed by atoms with Crippen LogP contribution in [0.5, 0.6) is 0 Å². The van der Waals surface area contributed by atoms with Crippen molar-refractivity contribution in [2.24, 2.45) is 0 Å². The molecule has 70 valence electrons. The molecule has 0 fully saturated rings. The van der Waals surface area contributed by atoms with Crippen LogP contribution in [0.25, 0.3) is 5.69 Å². The van der Waals surface area contributed by atoms with E-state index in [2.05, 4.69) is 10.1 Å². The van der Waals surface area contributed by atoms with E-state index >= 15 is 0 Å². The summed E-state index contributed by atoms with van der Waals surface area (Å²) in [7, 11) is 0. The normalized spacial score (nSPS) is 10.1. The smallest absolute Gasteiger partial charge is 0.267 e. The van der Waals surface area contributed by atoms with E-state index in [0.717, 1.165) is 4.68 Å². The largest absolute Gasteiger partial charge is 0.271 e. The van der Waals surface area contributed by atoms with Gasteiger partial charge in [-0.2, -0.15) is 14.2 Å². The van der Waals surface area contributed by atoms with E-state index in [-0.39, 0.29) is 5.56 Å². The fraction of sp³-hybridized carbons (Fsp3) is 0. The molecule has 0 bridgehead atoms. The first-order chi connectivity index (χ1) is 6.77. The van der Waals surface area contributed by atoms with E-state index in [1.807, 2.05) is 0 Å². The zero-order valence-electron chi connectivity index (χ0n) is 7.09. The third-order valence-corrected chi connectivity index (χ3v) is 1.67. The first-order valence-electron chi connectivity index (χ1n) is 3.94. The molecule has 0 atom stereocenters. The molecule has 0 saturated heterocycles. The van der Waals surface area contributed by atoms with Crippen molar-refractivity contribution in [1.29, 1.82) is 0 Å². The fourth-order valence-electron chi connectivity index (χ4n) is 1.05. The van der Waals surface area contributed by atoms with Gasteiger partial charge in [0.1, 0.15) is 0 Å². The van der Waals surface area contributed by atoms with Crippen LogP contribution in [0, 0.1) is 5.95 Å². The molecule has 0 spiro atoms. The van der Waals surface area contributed by atoms with Crippen LogP contribution < -0.4 is 5.56 Å². The Labute approximate surface area is 78.7 Å². The number of hydrogen-bond donors (Lipinski definition) is 0. The number of hydrogen-bond acceptors (Lipinski definition) is 3. The summed E-state index contributed by atoms with van der Waals surface area (Å²) < 4.78 is 13.6. The summed E-state index contributed by atoms with van der Waals surface area (Å²) in [5.41, 5.74) is 0.165. The lowest BCUT2D eigenvalue weighted by Gasteiger charge is -2.01. The molecule has 0 aliphatic rings. The van der Waals surface area contributed by atoms with Crippen molar-refractivity contribution in [3.63, 3.8) is 0 Å². The maximum atomic E-state index is 12.5. The molecular formula is C9H6FN3O. The quantitative estimate of drug-likeness (QED) is 0.625. The molecule has 0 amide bonds. The van der Waals surface area contributed by atoms with E-state index in [9.17, 15) is 9.18 Å². The number of rotatable bonds is 1. The Kier molecular flexibility index (Phi) is 2.06. The molecule has 14 heavy (non-hydrogen) atoms. The SMILES string of the molecule is O=c1cccnn1-c1ccc(F)nc1. The monoisotopic (exact) mass is 191 g/mol. The van der Waals surface area contributed by atoms with Crippen LogP contribution >= 0.6 is 0 Å². The minimum Gasteiger partial charge on any atom is -0.267 e. The summed E-state index contributed by atoms with van der Waals surface area (Å²) >= 11 is 0. The van der Waals surface area contributed by atoms with Gasteiger partial charge >= 0.3 is 0 Å². The second-order valence-corrected chi connectivity index (χ2v) is 2.61. The Hall–Kier alpha value is -2.04. The topological polar surface area (TPSA) is 47.8 Å². The molecule has 2 aromatic rings. The predicted octanol–water partition coefficient (Wildman–Crippen LogP) is 0.767. The zero-order valence-corrected chi connectivity index (χ0v) is 7.09. The maximum absolute atomic E-state index is 12.5. The molecule has 5 heteroatoms. The summed E-state index contributed by atoms with van der Waals surface area (Å²) in [6.07, 6.45) is 2.73. The Balaban J connectivity index is 2.56. The van der Waals surface area contributed by atoms with Gasteiger partial charge in [-0.25, -0.2) is 4.98 Å². The highest BCUT2D eigenvalue weighted by Gasteiger charge is 1.99. The molecule has 0 aliphatic heterocycles. The standard InChI is InChI=1S/C9H6FN3O/c10-8-4-3-7(6-11-8)13-9(14)2-1-5-12-13/h1-6H. The predicted molar refractivity (Wildman–Crippen MR) is 47.6 cm³/mol. The van der Waals surface area contributed by atoms with E-state index in [0.29, 0.717) is 5.69 Å². The number of pyridine rings is 1. The molecule has 4 nitrogen and oxygen atoms in total. The van der Waals surface area contributed by atoms with Crippen molar-refractivity contribution in [3.05, 3.63) is 53.0 Å². The summed E-state index contributed by atoms with van der Waals surface area (Å²) in [5, 5.41) is 3.82. The second kappa shape index (κ2) is 3.37. The lowest BCUT2D eigenvalue weighted by molar-refractivity contribution is 0.582. The molecule has 0 aromatic carbocycles. The van der Waals surface area contributed by atoms with Gasteiger partial charge in [-0.3, -0.25) is 4.79 Å². The van der Waals surface area contributed by atoms with Crippen LogP contribution in [-0.2, 0) is 0 Å². The number of aromatic nitrogens is 3. The summed E-state index contributed by atoms with van der Waals surface area (Å²) in [6.45, 7) is 0. The minimum atomic E-state index is -0.585. The van der Waals surface area contributed by atoms with Crippen LogP contribution in [0.4, 0.5) is 4.39 Å². The van der Waals surface area contributed by atoms with Crippen molar-refractivity contribution >= 4 is 0 Å². The fourth-order valence-corrected chi connectivity index (χ4v) is 1.05. The Morgan fingerprint density at radius 1 is 1.29 bits per heavy atom. The zero-order chi connectivity index (χ0) is 9.97. The van der Waals surface area contributed by atoms with Crippen LogP contribution in [0.1, 0.15) is 0 Å². The van der Waals surface area contributed by atoms with Crippen LogP contribution in [0.3, 0.4) is 0 Å². The number of halogens is 1. The van der Waals surface area contributed by atoms with Crippen molar-refractivity contribution < 1.29 is 4.39 Å². The molecule has 0 saturated carbocycles. The van der Waals surface area contributed by atoms with Gasteiger partial charge in [-0.15, -0.1) is 0 Å². The number of nitrogens with zero attached hydrogens (tertiary/aromatic N) is 3. The van der Waals surface area contributed by atoms with Gasteiger partial charge in [0.2, 0.25) is 5.95 Å². The second-order valence-electron chi connectivity index (χ2n) is 2.61. The van der Waals surface area contributed by atoms with Crippen molar-refractivity contribution in [2.45, 2.75) is 0 Å².